The van der Waals surface area contributed by atoms with Crippen LogP contribution in [-0.4, -0.2) is 51.5 Å². The van der Waals surface area contributed by atoms with E-state index in [9.17, 15) is 8.42 Å². The fourth-order valence-corrected chi connectivity index (χ4v) is 2.69. The SMILES string of the molecule is CCS(=O)(=O)CCNCCCN(C)Cc1ccccc1. The third kappa shape index (κ3) is 7.62. The molecular formula is C15H26N2O2S. The molecule has 0 atom stereocenters. The Morgan fingerprint density at radius 2 is 1.85 bits per heavy atom. The molecule has 20 heavy (non-hydrogen) atoms. The minimum Gasteiger partial charge on any atom is -0.316 e. The second kappa shape index (κ2) is 9.10. The summed E-state index contributed by atoms with van der Waals surface area (Å²) in [4.78, 5) is 2.28. The van der Waals surface area contributed by atoms with E-state index in [0.717, 1.165) is 26.1 Å². The maximum absolute atomic E-state index is 11.3. The molecule has 0 fully saturated rings. The molecule has 0 unspecified atom stereocenters. The normalized spacial score (nSPS) is 11.9. The molecule has 0 amide bonds. The van der Waals surface area contributed by atoms with Crippen LogP contribution in [0.15, 0.2) is 30.3 Å². The first-order valence-corrected chi connectivity index (χ1v) is 8.99. The van der Waals surface area contributed by atoms with Crippen molar-refractivity contribution < 1.29 is 8.42 Å². The van der Waals surface area contributed by atoms with Gasteiger partial charge in [-0.25, -0.2) is 8.42 Å². The van der Waals surface area contributed by atoms with Crippen LogP contribution in [0.5, 0.6) is 0 Å². The lowest BCUT2D eigenvalue weighted by atomic mass is 10.2. The largest absolute Gasteiger partial charge is 0.316 e. The summed E-state index contributed by atoms with van der Waals surface area (Å²) in [6, 6.07) is 10.4. The van der Waals surface area contributed by atoms with Crippen molar-refractivity contribution in [3.63, 3.8) is 0 Å². The van der Waals surface area contributed by atoms with Gasteiger partial charge in [-0.2, -0.15) is 0 Å². The van der Waals surface area contributed by atoms with Crippen molar-refractivity contribution in [2.24, 2.45) is 0 Å². The summed E-state index contributed by atoms with van der Waals surface area (Å²) in [5, 5.41) is 3.19. The molecular weight excluding hydrogens is 272 g/mol. The molecule has 0 aliphatic rings. The van der Waals surface area contributed by atoms with Gasteiger partial charge in [0.2, 0.25) is 0 Å². The van der Waals surface area contributed by atoms with Gasteiger partial charge in [-0.1, -0.05) is 37.3 Å². The van der Waals surface area contributed by atoms with Crippen LogP contribution in [0.3, 0.4) is 0 Å². The molecule has 0 saturated heterocycles. The van der Waals surface area contributed by atoms with Gasteiger partial charge in [-0.15, -0.1) is 0 Å². The summed E-state index contributed by atoms with van der Waals surface area (Å²) in [6.45, 7) is 5.05. The van der Waals surface area contributed by atoms with Crippen LogP contribution in [-0.2, 0) is 16.4 Å². The van der Waals surface area contributed by atoms with Crippen LogP contribution in [0.4, 0.5) is 0 Å². The molecule has 1 aromatic rings. The minimum atomic E-state index is -2.84. The van der Waals surface area contributed by atoms with E-state index < -0.39 is 9.84 Å². The Labute approximate surface area is 123 Å². The Morgan fingerprint density at radius 1 is 1.15 bits per heavy atom. The number of hydrogen-bond donors (Lipinski definition) is 1. The molecule has 0 spiro atoms. The Bertz CT molecular complexity index is 460. The van der Waals surface area contributed by atoms with Gasteiger partial charge in [-0.05, 0) is 32.1 Å². The zero-order valence-corrected chi connectivity index (χ0v) is 13.3. The zero-order chi connectivity index (χ0) is 14.8. The van der Waals surface area contributed by atoms with Crippen LogP contribution < -0.4 is 5.32 Å². The molecule has 0 aromatic heterocycles. The van der Waals surface area contributed by atoms with Gasteiger partial charge in [0, 0.05) is 18.8 Å². The van der Waals surface area contributed by atoms with Gasteiger partial charge >= 0.3 is 0 Å². The Kier molecular flexibility index (Phi) is 7.80. The summed E-state index contributed by atoms with van der Waals surface area (Å²) in [5.41, 5.74) is 1.32. The second-order valence-corrected chi connectivity index (χ2v) is 7.54. The van der Waals surface area contributed by atoms with E-state index >= 15 is 0 Å². The lowest BCUT2D eigenvalue weighted by Crippen LogP contribution is -2.27. The van der Waals surface area contributed by atoms with Gasteiger partial charge < -0.3 is 10.2 Å². The molecule has 0 aliphatic carbocycles. The van der Waals surface area contributed by atoms with Gasteiger partial charge in [0.1, 0.15) is 0 Å². The minimum absolute atomic E-state index is 0.231. The van der Waals surface area contributed by atoms with Gasteiger partial charge in [-0.3, -0.25) is 0 Å². The van der Waals surface area contributed by atoms with Gasteiger partial charge in [0.25, 0.3) is 0 Å². The van der Waals surface area contributed by atoms with Crippen molar-refractivity contribution in [2.45, 2.75) is 19.9 Å². The number of hydrogen-bond acceptors (Lipinski definition) is 4. The van der Waals surface area contributed by atoms with Crippen LogP contribution in [0.1, 0.15) is 18.9 Å². The summed E-state index contributed by atoms with van der Waals surface area (Å²) in [5.74, 6) is 0.470. The summed E-state index contributed by atoms with van der Waals surface area (Å²) in [6.07, 6.45) is 1.02. The Balaban J connectivity index is 2.07. The van der Waals surface area contributed by atoms with E-state index in [2.05, 4.69) is 41.5 Å². The van der Waals surface area contributed by atoms with E-state index in [1.165, 1.54) is 5.56 Å². The molecule has 0 bridgehead atoms. The van der Waals surface area contributed by atoms with Crippen molar-refractivity contribution >= 4 is 9.84 Å². The molecule has 0 heterocycles. The second-order valence-electron chi connectivity index (χ2n) is 5.06. The smallest absolute Gasteiger partial charge is 0.151 e. The topological polar surface area (TPSA) is 49.4 Å². The first-order chi connectivity index (χ1) is 9.53. The summed E-state index contributed by atoms with van der Waals surface area (Å²) >= 11 is 0. The third-order valence-corrected chi connectivity index (χ3v) is 4.92. The van der Waals surface area contributed by atoms with Crippen LogP contribution >= 0.6 is 0 Å². The van der Waals surface area contributed by atoms with Crippen molar-refractivity contribution in [1.82, 2.24) is 10.2 Å². The van der Waals surface area contributed by atoms with Crippen molar-refractivity contribution in [2.75, 3.05) is 38.2 Å². The lowest BCUT2D eigenvalue weighted by Gasteiger charge is -2.16. The molecule has 1 aromatic carbocycles. The van der Waals surface area contributed by atoms with E-state index in [1.54, 1.807) is 6.92 Å². The molecule has 1 N–H and O–H groups in total. The number of nitrogens with one attached hydrogen (secondary N) is 1. The lowest BCUT2D eigenvalue weighted by molar-refractivity contribution is 0.320. The fraction of sp³-hybridized carbons (Fsp3) is 0.600. The average Bonchev–Trinajstić information content (AvgIpc) is 2.44. The van der Waals surface area contributed by atoms with Crippen LogP contribution in [0.25, 0.3) is 0 Å². The van der Waals surface area contributed by atoms with Crippen molar-refractivity contribution in [3.8, 4) is 0 Å². The predicted molar refractivity (Wildman–Crippen MR) is 84.6 cm³/mol. The predicted octanol–water partition coefficient (Wildman–Crippen LogP) is 1.53. The number of nitrogens with zero attached hydrogens (tertiary/aromatic N) is 1. The van der Waals surface area contributed by atoms with E-state index in [4.69, 9.17) is 0 Å². The molecule has 114 valence electrons. The molecule has 5 heteroatoms. The first kappa shape index (κ1) is 17.1. The van der Waals surface area contributed by atoms with Gasteiger partial charge in [0.15, 0.2) is 9.84 Å². The maximum Gasteiger partial charge on any atom is 0.151 e. The quantitative estimate of drug-likeness (QED) is 0.666. The highest BCUT2D eigenvalue weighted by molar-refractivity contribution is 7.91. The molecule has 0 radical (unpaired) electrons. The van der Waals surface area contributed by atoms with Gasteiger partial charge in [0.05, 0.1) is 5.75 Å². The molecule has 0 saturated carbocycles. The first-order valence-electron chi connectivity index (χ1n) is 7.17. The van der Waals surface area contributed by atoms with Crippen LogP contribution in [0.2, 0.25) is 0 Å². The molecule has 1 rings (SSSR count). The fourth-order valence-electron chi connectivity index (χ4n) is 1.95. The number of sulfone groups is 1. The third-order valence-electron chi connectivity index (χ3n) is 3.22. The van der Waals surface area contributed by atoms with E-state index in [0.29, 0.717) is 6.54 Å². The highest BCUT2D eigenvalue weighted by atomic mass is 32.2. The van der Waals surface area contributed by atoms with Crippen LogP contribution in [0, 0.1) is 0 Å². The highest BCUT2D eigenvalue weighted by Gasteiger charge is 2.05. The number of benzene rings is 1. The average molecular weight is 298 g/mol. The Morgan fingerprint density at radius 3 is 2.50 bits per heavy atom. The molecule has 4 nitrogen and oxygen atoms in total. The maximum atomic E-state index is 11.3. The number of rotatable bonds is 10. The standard InChI is InChI=1S/C15H26N2O2S/c1-3-20(18,19)13-11-16-10-7-12-17(2)14-15-8-5-4-6-9-15/h4-6,8-9,16H,3,7,10-14H2,1-2H3. The monoisotopic (exact) mass is 298 g/mol. The van der Waals surface area contributed by atoms with E-state index in [1.807, 2.05) is 6.07 Å². The summed E-state index contributed by atoms with van der Waals surface area (Å²) < 4.78 is 22.6. The summed E-state index contributed by atoms with van der Waals surface area (Å²) in [7, 11) is -0.731. The van der Waals surface area contributed by atoms with Crippen molar-refractivity contribution in [1.29, 1.82) is 0 Å². The molecule has 0 aliphatic heterocycles. The Hall–Kier alpha value is -0.910. The highest BCUT2D eigenvalue weighted by Crippen LogP contribution is 2.02. The van der Waals surface area contributed by atoms with Crippen molar-refractivity contribution in [3.05, 3.63) is 35.9 Å². The van der Waals surface area contributed by atoms with E-state index in [-0.39, 0.29) is 11.5 Å². The zero-order valence-electron chi connectivity index (χ0n) is 12.5.